The van der Waals surface area contributed by atoms with E-state index in [1.807, 2.05) is 43.3 Å². The van der Waals surface area contributed by atoms with Crippen molar-refractivity contribution in [3.05, 3.63) is 90.9 Å². The number of rotatable bonds is 7. The molecule has 0 unspecified atom stereocenters. The van der Waals surface area contributed by atoms with Gasteiger partial charge in [0.2, 0.25) is 5.88 Å². The van der Waals surface area contributed by atoms with Gasteiger partial charge in [-0.25, -0.2) is 9.78 Å². The fourth-order valence-electron chi connectivity index (χ4n) is 2.53. The lowest BCUT2D eigenvalue weighted by atomic mass is 10.2. The van der Waals surface area contributed by atoms with Crippen molar-refractivity contribution < 1.29 is 9.53 Å². The molecule has 1 N–H and O–H groups in total. The van der Waals surface area contributed by atoms with Crippen LogP contribution in [0.3, 0.4) is 0 Å². The first-order valence-corrected chi connectivity index (χ1v) is 8.91. The van der Waals surface area contributed by atoms with Crippen molar-refractivity contribution in [1.82, 2.24) is 15.3 Å². The van der Waals surface area contributed by atoms with Gasteiger partial charge < -0.3 is 10.1 Å². The minimum Gasteiger partial charge on any atom is -0.439 e. The van der Waals surface area contributed by atoms with Crippen molar-refractivity contribution >= 4 is 11.7 Å². The van der Waals surface area contributed by atoms with Gasteiger partial charge in [0.25, 0.3) is 0 Å². The van der Waals surface area contributed by atoms with E-state index in [-0.39, 0.29) is 6.03 Å². The van der Waals surface area contributed by atoms with E-state index < -0.39 is 0 Å². The molecule has 3 rings (SSSR count). The summed E-state index contributed by atoms with van der Waals surface area (Å²) in [6, 6.07) is 14.8. The Kier molecular flexibility index (Phi) is 6.36. The topological polar surface area (TPSA) is 67.4 Å². The minimum atomic E-state index is -0.238. The summed E-state index contributed by atoms with van der Waals surface area (Å²) in [6.45, 7) is 6.40. The molecule has 2 heterocycles. The number of carbonyl (C=O) groups excluding carboxylic acids is 1. The summed E-state index contributed by atoms with van der Waals surface area (Å²) in [5, 5.41) is 2.80. The number of hydrogen-bond donors (Lipinski definition) is 1. The summed E-state index contributed by atoms with van der Waals surface area (Å²) in [5.74, 6) is 1.17. The molecule has 0 fully saturated rings. The van der Waals surface area contributed by atoms with Crippen LogP contribution in [0.25, 0.3) is 0 Å². The molecule has 0 aliphatic rings. The highest BCUT2D eigenvalue weighted by molar-refractivity contribution is 5.91. The Morgan fingerprint density at radius 2 is 2.00 bits per heavy atom. The molecule has 0 radical (unpaired) electrons. The molecule has 0 atom stereocenters. The summed E-state index contributed by atoms with van der Waals surface area (Å²) in [7, 11) is 0. The summed E-state index contributed by atoms with van der Waals surface area (Å²) >= 11 is 0. The zero-order valence-electron chi connectivity index (χ0n) is 15.7. The summed E-state index contributed by atoms with van der Waals surface area (Å²) in [5.41, 5.74) is 2.73. The molecule has 6 heteroatoms. The molecule has 6 nitrogen and oxygen atoms in total. The first-order chi connectivity index (χ1) is 13.7. The molecule has 2 aromatic heterocycles. The summed E-state index contributed by atoms with van der Waals surface area (Å²) in [6.07, 6.45) is 6.69. The third-order valence-corrected chi connectivity index (χ3v) is 3.98. The largest absolute Gasteiger partial charge is 0.439 e. The van der Waals surface area contributed by atoms with Crippen LogP contribution in [0.1, 0.15) is 11.1 Å². The smallest absolute Gasteiger partial charge is 0.322 e. The molecule has 0 saturated heterocycles. The number of nitrogens with one attached hydrogen (secondary N) is 1. The quantitative estimate of drug-likeness (QED) is 0.619. The lowest BCUT2D eigenvalue weighted by Crippen LogP contribution is -2.39. The molecule has 28 heavy (non-hydrogen) atoms. The SMILES string of the molecule is C=CCNC(=O)N(Cc1cccnc1)c1ccc(Oc2ccc(C)cc2)nc1. The fraction of sp³-hybridized carbons (Fsp3) is 0.136. The maximum absolute atomic E-state index is 12.6. The monoisotopic (exact) mass is 374 g/mol. The number of nitrogens with zero attached hydrogens (tertiary/aromatic N) is 3. The lowest BCUT2D eigenvalue weighted by Gasteiger charge is -2.23. The van der Waals surface area contributed by atoms with Gasteiger partial charge >= 0.3 is 6.03 Å². The molecular formula is C22H22N4O2. The molecule has 0 aliphatic carbocycles. The average Bonchev–Trinajstić information content (AvgIpc) is 2.73. The van der Waals surface area contributed by atoms with Crippen LogP contribution in [0, 0.1) is 6.92 Å². The Hall–Kier alpha value is -3.67. The number of amides is 2. The van der Waals surface area contributed by atoms with Crippen molar-refractivity contribution in [2.75, 3.05) is 11.4 Å². The van der Waals surface area contributed by atoms with Crippen molar-refractivity contribution in [2.24, 2.45) is 0 Å². The molecule has 142 valence electrons. The molecule has 2 amide bonds. The molecule has 1 aromatic carbocycles. The van der Waals surface area contributed by atoms with E-state index in [9.17, 15) is 4.79 Å². The van der Waals surface area contributed by atoms with E-state index in [1.54, 1.807) is 41.7 Å². The Morgan fingerprint density at radius 3 is 2.64 bits per heavy atom. The number of carbonyl (C=O) groups is 1. The highest BCUT2D eigenvalue weighted by Crippen LogP contribution is 2.23. The number of urea groups is 1. The summed E-state index contributed by atoms with van der Waals surface area (Å²) in [4.78, 5) is 22.7. The van der Waals surface area contributed by atoms with Crippen LogP contribution in [-0.2, 0) is 6.54 Å². The van der Waals surface area contributed by atoms with Crippen LogP contribution in [0.5, 0.6) is 11.6 Å². The van der Waals surface area contributed by atoms with Crippen molar-refractivity contribution in [3.63, 3.8) is 0 Å². The minimum absolute atomic E-state index is 0.238. The van der Waals surface area contributed by atoms with Crippen LogP contribution < -0.4 is 15.0 Å². The van der Waals surface area contributed by atoms with Crippen LogP contribution in [-0.4, -0.2) is 22.5 Å². The van der Waals surface area contributed by atoms with E-state index in [1.165, 1.54) is 0 Å². The third-order valence-electron chi connectivity index (χ3n) is 3.98. The molecule has 0 spiro atoms. The predicted molar refractivity (Wildman–Crippen MR) is 110 cm³/mol. The molecule has 0 saturated carbocycles. The maximum atomic E-state index is 12.6. The second-order valence-corrected chi connectivity index (χ2v) is 6.19. The predicted octanol–water partition coefficient (Wildman–Crippen LogP) is 4.48. The van der Waals surface area contributed by atoms with Gasteiger partial charge in [0.15, 0.2) is 0 Å². The highest BCUT2D eigenvalue weighted by atomic mass is 16.5. The first-order valence-electron chi connectivity index (χ1n) is 8.91. The van der Waals surface area contributed by atoms with Crippen LogP contribution in [0.4, 0.5) is 10.5 Å². The van der Waals surface area contributed by atoms with Crippen LogP contribution in [0.2, 0.25) is 0 Å². The van der Waals surface area contributed by atoms with Crippen LogP contribution >= 0.6 is 0 Å². The third kappa shape index (κ3) is 5.17. The molecular weight excluding hydrogens is 352 g/mol. The van der Waals surface area contributed by atoms with Gasteiger partial charge in [-0.15, -0.1) is 6.58 Å². The summed E-state index contributed by atoms with van der Waals surface area (Å²) < 4.78 is 5.76. The Morgan fingerprint density at radius 1 is 1.18 bits per heavy atom. The second kappa shape index (κ2) is 9.32. The average molecular weight is 374 g/mol. The van der Waals surface area contributed by atoms with Crippen molar-refractivity contribution in [3.8, 4) is 11.6 Å². The van der Waals surface area contributed by atoms with Gasteiger partial charge in [0.1, 0.15) is 5.75 Å². The van der Waals surface area contributed by atoms with Gasteiger partial charge in [-0.1, -0.05) is 29.8 Å². The fourth-order valence-corrected chi connectivity index (χ4v) is 2.53. The standard InChI is InChI=1S/C22H22N4O2/c1-3-12-24-22(27)26(16-18-5-4-13-23-14-18)19-8-11-21(25-15-19)28-20-9-6-17(2)7-10-20/h3-11,13-15H,1,12,16H2,2H3,(H,24,27). The van der Waals surface area contributed by atoms with Crippen molar-refractivity contribution in [2.45, 2.75) is 13.5 Å². The van der Waals surface area contributed by atoms with E-state index in [0.717, 1.165) is 11.1 Å². The number of ether oxygens (including phenoxy) is 1. The Balaban J connectivity index is 1.77. The van der Waals surface area contributed by atoms with E-state index in [4.69, 9.17) is 4.74 Å². The van der Waals surface area contributed by atoms with Gasteiger partial charge in [-0.05, 0) is 36.8 Å². The highest BCUT2D eigenvalue weighted by Gasteiger charge is 2.16. The van der Waals surface area contributed by atoms with E-state index in [0.29, 0.717) is 30.4 Å². The zero-order chi connectivity index (χ0) is 19.8. The van der Waals surface area contributed by atoms with Gasteiger partial charge in [-0.3, -0.25) is 9.88 Å². The Bertz CT molecular complexity index is 910. The number of pyridine rings is 2. The number of anilines is 1. The number of benzene rings is 1. The first kappa shape index (κ1) is 19.1. The van der Waals surface area contributed by atoms with E-state index in [2.05, 4.69) is 21.9 Å². The molecule has 0 aliphatic heterocycles. The maximum Gasteiger partial charge on any atom is 0.322 e. The van der Waals surface area contributed by atoms with E-state index >= 15 is 0 Å². The number of aromatic nitrogens is 2. The van der Waals surface area contributed by atoms with Gasteiger partial charge in [0.05, 0.1) is 18.4 Å². The number of hydrogen-bond acceptors (Lipinski definition) is 4. The van der Waals surface area contributed by atoms with Gasteiger partial charge in [-0.2, -0.15) is 0 Å². The molecule has 3 aromatic rings. The van der Waals surface area contributed by atoms with Crippen LogP contribution in [0.15, 0.2) is 79.8 Å². The van der Waals surface area contributed by atoms with Crippen molar-refractivity contribution in [1.29, 1.82) is 0 Å². The molecule has 0 bridgehead atoms. The zero-order valence-corrected chi connectivity index (χ0v) is 15.7. The Labute approximate surface area is 164 Å². The number of aryl methyl sites for hydroxylation is 1. The second-order valence-electron chi connectivity index (χ2n) is 6.19. The lowest BCUT2D eigenvalue weighted by molar-refractivity contribution is 0.247. The normalized spacial score (nSPS) is 10.2. The van der Waals surface area contributed by atoms with Gasteiger partial charge in [0, 0.05) is 25.0 Å².